The third-order valence-electron chi connectivity index (χ3n) is 4.19. The lowest BCUT2D eigenvalue weighted by atomic mass is 10.2. The lowest BCUT2D eigenvalue weighted by molar-refractivity contribution is 0.478. The molecule has 7 nitrogen and oxygen atoms in total. The van der Waals surface area contributed by atoms with Crippen molar-refractivity contribution in [2.24, 2.45) is 0 Å². The van der Waals surface area contributed by atoms with Crippen molar-refractivity contribution in [3.63, 3.8) is 0 Å². The third-order valence-corrected chi connectivity index (χ3v) is 6.93. The molecule has 3 aromatic rings. The highest BCUT2D eigenvalue weighted by atomic mass is 32.2. The molecule has 0 heterocycles. The summed E-state index contributed by atoms with van der Waals surface area (Å²) in [5, 5.41) is 10.2. The first-order valence-corrected chi connectivity index (χ1v) is 11.6. The van der Waals surface area contributed by atoms with Crippen molar-refractivity contribution >= 4 is 31.4 Å². The van der Waals surface area contributed by atoms with Crippen LogP contribution in [-0.2, 0) is 20.0 Å². The molecule has 0 aliphatic rings. The highest BCUT2D eigenvalue weighted by Gasteiger charge is 2.22. The summed E-state index contributed by atoms with van der Waals surface area (Å²) in [6, 6.07) is 16.3. The predicted molar refractivity (Wildman–Crippen MR) is 112 cm³/mol. The van der Waals surface area contributed by atoms with Crippen LogP contribution in [-0.4, -0.2) is 21.9 Å². The third kappa shape index (κ3) is 4.69. The molecule has 3 aromatic carbocycles. The van der Waals surface area contributed by atoms with Gasteiger partial charge in [0.15, 0.2) is 0 Å². The van der Waals surface area contributed by atoms with Gasteiger partial charge in [0.1, 0.15) is 11.4 Å². The van der Waals surface area contributed by atoms with E-state index >= 15 is 0 Å². The molecule has 3 N–H and O–H groups in total. The molecule has 0 fully saturated rings. The van der Waals surface area contributed by atoms with E-state index in [0.717, 1.165) is 11.1 Å². The van der Waals surface area contributed by atoms with Crippen LogP contribution in [0.25, 0.3) is 0 Å². The highest BCUT2D eigenvalue weighted by molar-refractivity contribution is 7.93. The number of phenolic OH excluding ortho intramolecular Hbond substituents is 1. The monoisotopic (exact) mass is 432 g/mol. The van der Waals surface area contributed by atoms with Gasteiger partial charge in [0.05, 0.1) is 15.5 Å². The summed E-state index contributed by atoms with van der Waals surface area (Å²) in [6.45, 7) is 3.65. The SMILES string of the molecule is Cc1ccc(S(=O)(=O)Nc2cccc(O)c2NS(=O)(=O)c2ccc(C)cc2)cc1. The van der Waals surface area contributed by atoms with Crippen LogP contribution in [0.5, 0.6) is 5.75 Å². The molecule has 3 rings (SSSR count). The molecule has 29 heavy (non-hydrogen) atoms. The molecular formula is C20H20N2O5S2. The highest BCUT2D eigenvalue weighted by Crippen LogP contribution is 2.35. The molecule has 152 valence electrons. The Hall–Kier alpha value is -3.04. The summed E-state index contributed by atoms with van der Waals surface area (Å²) in [7, 11) is -8.04. The number of nitrogens with one attached hydrogen (secondary N) is 2. The summed E-state index contributed by atoms with van der Waals surface area (Å²) in [5.41, 5.74) is 1.43. The van der Waals surface area contributed by atoms with Crippen LogP contribution in [0.2, 0.25) is 0 Å². The van der Waals surface area contributed by atoms with E-state index < -0.39 is 25.8 Å². The van der Waals surface area contributed by atoms with E-state index in [-0.39, 0.29) is 21.2 Å². The van der Waals surface area contributed by atoms with Gasteiger partial charge in [0, 0.05) is 0 Å². The smallest absolute Gasteiger partial charge is 0.262 e. The minimum absolute atomic E-state index is 0.0128. The number of phenols is 1. The standard InChI is InChI=1S/C20H20N2O5S2/c1-14-6-10-16(11-7-14)28(24,25)21-18-4-3-5-19(23)20(18)22-29(26,27)17-12-8-15(2)9-13-17/h3-13,21-23H,1-2H3. The molecule has 0 aliphatic heterocycles. The number of rotatable bonds is 6. The molecule has 0 aliphatic carbocycles. The zero-order valence-electron chi connectivity index (χ0n) is 15.7. The van der Waals surface area contributed by atoms with Gasteiger partial charge in [0.25, 0.3) is 20.0 Å². The molecular weight excluding hydrogens is 412 g/mol. The second kappa shape index (κ2) is 7.76. The van der Waals surface area contributed by atoms with Crippen LogP contribution in [0, 0.1) is 13.8 Å². The number of para-hydroxylation sites is 1. The second-order valence-corrected chi connectivity index (χ2v) is 9.90. The average molecular weight is 433 g/mol. The van der Waals surface area contributed by atoms with E-state index in [9.17, 15) is 21.9 Å². The minimum Gasteiger partial charge on any atom is -0.506 e. The van der Waals surface area contributed by atoms with E-state index in [0.29, 0.717) is 0 Å². The maximum absolute atomic E-state index is 12.7. The average Bonchev–Trinajstić information content (AvgIpc) is 2.65. The first-order chi connectivity index (χ1) is 13.6. The van der Waals surface area contributed by atoms with Crippen LogP contribution in [0.1, 0.15) is 11.1 Å². The molecule has 0 aromatic heterocycles. The summed E-state index contributed by atoms with van der Waals surface area (Å²) < 4.78 is 55.3. The van der Waals surface area contributed by atoms with Crippen molar-refractivity contribution in [3.05, 3.63) is 77.9 Å². The number of anilines is 2. The lowest BCUT2D eigenvalue weighted by Crippen LogP contribution is -2.17. The van der Waals surface area contributed by atoms with Gasteiger partial charge in [0.2, 0.25) is 0 Å². The van der Waals surface area contributed by atoms with Gasteiger partial charge in [-0.15, -0.1) is 0 Å². The fourth-order valence-electron chi connectivity index (χ4n) is 2.56. The Morgan fingerprint density at radius 2 is 1.10 bits per heavy atom. The van der Waals surface area contributed by atoms with Crippen molar-refractivity contribution in [1.82, 2.24) is 0 Å². The van der Waals surface area contributed by atoms with Gasteiger partial charge in [-0.25, -0.2) is 16.8 Å². The normalized spacial score (nSPS) is 11.8. The van der Waals surface area contributed by atoms with Crippen molar-refractivity contribution in [3.8, 4) is 5.75 Å². The van der Waals surface area contributed by atoms with E-state index in [1.54, 1.807) is 24.3 Å². The Kier molecular flexibility index (Phi) is 5.54. The molecule has 0 spiro atoms. The van der Waals surface area contributed by atoms with Crippen molar-refractivity contribution in [1.29, 1.82) is 0 Å². The Labute approximate surface area is 170 Å². The van der Waals surface area contributed by atoms with Gasteiger partial charge in [-0.1, -0.05) is 41.5 Å². The van der Waals surface area contributed by atoms with Gasteiger partial charge in [-0.3, -0.25) is 9.44 Å². The zero-order valence-corrected chi connectivity index (χ0v) is 17.4. The Morgan fingerprint density at radius 3 is 1.59 bits per heavy atom. The topological polar surface area (TPSA) is 113 Å². The first kappa shape index (κ1) is 20.7. The molecule has 0 radical (unpaired) electrons. The Bertz CT molecular complexity index is 1240. The lowest BCUT2D eigenvalue weighted by Gasteiger charge is -2.16. The van der Waals surface area contributed by atoms with Gasteiger partial charge in [-0.2, -0.15) is 0 Å². The van der Waals surface area contributed by atoms with Crippen LogP contribution in [0.4, 0.5) is 11.4 Å². The largest absolute Gasteiger partial charge is 0.506 e. The number of hydrogen-bond donors (Lipinski definition) is 3. The molecule has 0 amide bonds. The second-order valence-electron chi connectivity index (χ2n) is 6.54. The quantitative estimate of drug-likeness (QED) is 0.515. The molecule has 0 saturated carbocycles. The van der Waals surface area contributed by atoms with Crippen LogP contribution in [0.3, 0.4) is 0 Å². The molecule has 9 heteroatoms. The number of benzene rings is 3. The number of aryl methyl sites for hydroxylation is 2. The maximum atomic E-state index is 12.7. The van der Waals surface area contributed by atoms with E-state index in [1.165, 1.54) is 42.5 Å². The molecule has 0 unspecified atom stereocenters. The van der Waals surface area contributed by atoms with Gasteiger partial charge >= 0.3 is 0 Å². The molecule has 0 saturated heterocycles. The Morgan fingerprint density at radius 1 is 0.655 bits per heavy atom. The van der Waals surface area contributed by atoms with Crippen molar-refractivity contribution in [2.75, 3.05) is 9.44 Å². The van der Waals surface area contributed by atoms with E-state index in [4.69, 9.17) is 0 Å². The van der Waals surface area contributed by atoms with Crippen molar-refractivity contribution in [2.45, 2.75) is 23.6 Å². The van der Waals surface area contributed by atoms with Crippen LogP contribution >= 0.6 is 0 Å². The molecule has 0 atom stereocenters. The number of aromatic hydroxyl groups is 1. The summed E-state index contributed by atoms with van der Waals surface area (Å²) in [6.07, 6.45) is 0. The zero-order chi connectivity index (χ0) is 21.2. The summed E-state index contributed by atoms with van der Waals surface area (Å²) in [5.74, 6) is -0.412. The van der Waals surface area contributed by atoms with Crippen LogP contribution < -0.4 is 9.44 Å². The first-order valence-electron chi connectivity index (χ1n) is 8.59. The van der Waals surface area contributed by atoms with Gasteiger partial charge < -0.3 is 5.11 Å². The fraction of sp³-hybridized carbons (Fsp3) is 0.100. The van der Waals surface area contributed by atoms with E-state index in [1.807, 2.05) is 13.8 Å². The predicted octanol–water partition coefficient (Wildman–Crippen LogP) is 3.61. The number of hydrogen-bond acceptors (Lipinski definition) is 5. The van der Waals surface area contributed by atoms with Crippen molar-refractivity contribution < 1.29 is 21.9 Å². The summed E-state index contributed by atoms with van der Waals surface area (Å²) >= 11 is 0. The van der Waals surface area contributed by atoms with E-state index in [2.05, 4.69) is 9.44 Å². The van der Waals surface area contributed by atoms with Crippen LogP contribution in [0.15, 0.2) is 76.5 Å². The number of sulfonamides is 2. The Balaban J connectivity index is 1.97. The van der Waals surface area contributed by atoms with Gasteiger partial charge in [-0.05, 0) is 50.2 Å². The minimum atomic E-state index is -4.05. The maximum Gasteiger partial charge on any atom is 0.262 e. The summed E-state index contributed by atoms with van der Waals surface area (Å²) in [4.78, 5) is -0.00233. The fourth-order valence-corrected chi connectivity index (χ4v) is 4.73. The molecule has 0 bridgehead atoms.